The summed E-state index contributed by atoms with van der Waals surface area (Å²) in [6, 6.07) is 15.7. The van der Waals surface area contributed by atoms with Gasteiger partial charge in [-0.05, 0) is 35.2 Å². The van der Waals surface area contributed by atoms with Gasteiger partial charge in [-0.3, -0.25) is 4.79 Å². The minimum atomic E-state index is 0.0131. The molecular weight excluding hydrogens is 300 g/mol. The van der Waals surface area contributed by atoms with Crippen molar-refractivity contribution < 1.29 is 4.79 Å². The van der Waals surface area contributed by atoms with Crippen molar-refractivity contribution >= 4 is 5.78 Å². The third-order valence-corrected chi connectivity index (χ3v) is 4.03. The number of Topliss-reactive ketones (excluding diaryl/α,β-unsaturated/α-hetero) is 1. The Morgan fingerprint density at radius 2 is 1.83 bits per heavy atom. The summed E-state index contributed by atoms with van der Waals surface area (Å²) in [5.74, 6) is 0.542. The van der Waals surface area contributed by atoms with Crippen LogP contribution in [0.1, 0.15) is 35.3 Å². The molecule has 5 nitrogen and oxygen atoms in total. The van der Waals surface area contributed by atoms with Crippen LogP contribution in [0.25, 0.3) is 11.4 Å². The van der Waals surface area contributed by atoms with Crippen molar-refractivity contribution in [3.05, 3.63) is 65.2 Å². The highest BCUT2D eigenvalue weighted by atomic mass is 16.1. The molecule has 3 rings (SSSR count). The maximum atomic E-state index is 12.7. The zero-order valence-corrected chi connectivity index (χ0v) is 13.9. The van der Waals surface area contributed by atoms with E-state index in [4.69, 9.17) is 0 Å². The van der Waals surface area contributed by atoms with Gasteiger partial charge in [0, 0.05) is 11.1 Å². The fraction of sp³-hybridized carbons (Fsp3) is 0.263. The third kappa shape index (κ3) is 3.40. The summed E-state index contributed by atoms with van der Waals surface area (Å²) in [5, 5.41) is 12.4. The van der Waals surface area contributed by atoms with Crippen LogP contribution in [0.4, 0.5) is 0 Å². The Kier molecular flexibility index (Phi) is 4.79. The first-order valence-electron chi connectivity index (χ1n) is 8.19. The average molecular weight is 320 g/mol. The molecule has 0 aliphatic heterocycles. The first-order valence-corrected chi connectivity index (χ1v) is 8.19. The van der Waals surface area contributed by atoms with E-state index in [1.807, 2.05) is 42.5 Å². The number of aromatic nitrogens is 4. The average Bonchev–Trinajstić information content (AvgIpc) is 3.10. The molecule has 0 aliphatic rings. The molecule has 24 heavy (non-hydrogen) atoms. The molecule has 3 aromatic rings. The number of carbonyl (C=O) groups is 1. The van der Waals surface area contributed by atoms with Crippen molar-refractivity contribution in [2.45, 2.75) is 33.2 Å². The minimum Gasteiger partial charge on any atom is -0.292 e. The second-order valence-electron chi connectivity index (χ2n) is 5.63. The molecule has 0 atom stereocenters. The van der Waals surface area contributed by atoms with Crippen molar-refractivity contribution in [1.29, 1.82) is 0 Å². The fourth-order valence-corrected chi connectivity index (χ4v) is 2.64. The standard InChI is InChI=1S/C19H20N4O/c1-3-14-10-11-15(4-2)17(12-14)18(24)13-23-21-19(20-22-23)16-8-6-5-7-9-16/h5-12H,3-4,13H2,1-2H3. The molecule has 0 spiro atoms. The van der Waals surface area contributed by atoms with E-state index >= 15 is 0 Å². The van der Waals surface area contributed by atoms with Gasteiger partial charge in [0.15, 0.2) is 5.78 Å². The topological polar surface area (TPSA) is 60.7 Å². The van der Waals surface area contributed by atoms with E-state index in [-0.39, 0.29) is 12.3 Å². The summed E-state index contributed by atoms with van der Waals surface area (Å²) in [5.41, 5.74) is 3.86. The monoisotopic (exact) mass is 320 g/mol. The zero-order chi connectivity index (χ0) is 16.9. The number of hydrogen-bond donors (Lipinski definition) is 0. The Morgan fingerprint density at radius 3 is 2.54 bits per heavy atom. The number of carbonyl (C=O) groups excluding carboxylic acids is 1. The third-order valence-electron chi connectivity index (χ3n) is 4.03. The molecule has 0 N–H and O–H groups in total. The highest BCUT2D eigenvalue weighted by molar-refractivity contribution is 5.97. The molecule has 0 aliphatic carbocycles. The summed E-state index contributed by atoms with van der Waals surface area (Å²) < 4.78 is 0. The first-order chi connectivity index (χ1) is 11.7. The van der Waals surface area contributed by atoms with Crippen LogP contribution >= 0.6 is 0 Å². The molecule has 0 amide bonds. The molecule has 0 saturated heterocycles. The smallest absolute Gasteiger partial charge is 0.204 e. The zero-order valence-electron chi connectivity index (χ0n) is 13.9. The number of nitrogens with zero attached hydrogens (tertiary/aromatic N) is 4. The maximum absolute atomic E-state index is 12.7. The number of ketones is 1. The molecule has 0 radical (unpaired) electrons. The van der Waals surface area contributed by atoms with Crippen molar-refractivity contribution in [2.75, 3.05) is 0 Å². The van der Waals surface area contributed by atoms with E-state index in [0.29, 0.717) is 5.82 Å². The minimum absolute atomic E-state index is 0.0131. The van der Waals surface area contributed by atoms with Crippen LogP contribution in [0.15, 0.2) is 48.5 Å². The van der Waals surface area contributed by atoms with Crippen LogP contribution in [0.3, 0.4) is 0 Å². The van der Waals surface area contributed by atoms with Gasteiger partial charge in [-0.15, -0.1) is 10.2 Å². The normalized spacial score (nSPS) is 10.8. The largest absolute Gasteiger partial charge is 0.292 e. The van der Waals surface area contributed by atoms with E-state index in [0.717, 1.165) is 35.1 Å². The van der Waals surface area contributed by atoms with Crippen molar-refractivity contribution in [3.63, 3.8) is 0 Å². The molecule has 1 heterocycles. The van der Waals surface area contributed by atoms with E-state index in [2.05, 4.69) is 35.3 Å². The van der Waals surface area contributed by atoms with Crippen molar-refractivity contribution in [3.8, 4) is 11.4 Å². The lowest BCUT2D eigenvalue weighted by Gasteiger charge is -2.08. The maximum Gasteiger partial charge on any atom is 0.204 e. The highest BCUT2D eigenvalue weighted by Crippen LogP contribution is 2.16. The van der Waals surface area contributed by atoms with Gasteiger partial charge < -0.3 is 0 Å². The van der Waals surface area contributed by atoms with Gasteiger partial charge in [0.25, 0.3) is 0 Å². The number of benzene rings is 2. The Bertz CT molecular complexity index is 840. The Balaban J connectivity index is 1.82. The molecule has 122 valence electrons. The quantitative estimate of drug-likeness (QED) is 0.654. The summed E-state index contributed by atoms with van der Waals surface area (Å²) in [4.78, 5) is 14.0. The predicted molar refractivity (Wildman–Crippen MR) is 92.8 cm³/mol. The van der Waals surface area contributed by atoms with E-state index in [1.165, 1.54) is 4.80 Å². The Morgan fingerprint density at radius 1 is 1.04 bits per heavy atom. The summed E-state index contributed by atoms with van der Waals surface area (Å²) in [6.45, 7) is 4.24. The highest BCUT2D eigenvalue weighted by Gasteiger charge is 2.14. The Hall–Kier alpha value is -2.82. The van der Waals surface area contributed by atoms with Crippen LogP contribution in [-0.4, -0.2) is 26.0 Å². The fourth-order valence-electron chi connectivity index (χ4n) is 2.64. The van der Waals surface area contributed by atoms with Crippen molar-refractivity contribution in [2.24, 2.45) is 0 Å². The first kappa shape index (κ1) is 16.1. The van der Waals surface area contributed by atoms with Crippen molar-refractivity contribution in [1.82, 2.24) is 20.2 Å². The SMILES string of the molecule is CCc1ccc(CC)c(C(=O)Cn2nnc(-c3ccccc3)n2)c1. The van der Waals surface area contributed by atoms with Crippen LogP contribution in [0.5, 0.6) is 0 Å². The van der Waals surface area contributed by atoms with Gasteiger partial charge >= 0.3 is 0 Å². The number of rotatable bonds is 6. The molecule has 5 heteroatoms. The second kappa shape index (κ2) is 7.17. The number of aryl methyl sites for hydroxylation is 2. The van der Waals surface area contributed by atoms with Crippen LogP contribution < -0.4 is 0 Å². The molecule has 1 aromatic heterocycles. The van der Waals surface area contributed by atoms with Gasteiger partial charge in [0.05, 0.1) is 0 Å². The molecular formula is C19H20N4O. The van der Waals surface area contributed by atoms with Gasteiger partial charge in [-0.2, -0.15) is 4.80 Å². The molecule has 0 bridgehead atoms. The van der Waals surface area contributed by atoms with E-state index < -0.39 is 0 Å². The number of tetrazole rings is 1. The van der Waals surface area contributed by atoms with Crippen LogP contribution in [0.2, 0.25) is 0 Å². The molecule has 0 fully saturated rings. The van der Waals surface area contributed by atoms with Gasteiger partial charge in [-0.25, -0.2) is 0 Å². The lowest BCUT2D eigenvalue weighted by Crippen LogP contribution is -2.15. The molecule has 0 unspecified atom stereocenters. The summed E-state index contributed by atoms with van der Waals surface area (Å²) in [7, 11) is 0. The van der Waals surface area contributed by atoms with Crippen LogP contribution in [0, 0.1) is 0 Å². The lowest BCUT2D eigenvalue weighted by molar-refractivity contribution is 0.0960. The Labute approximate surface area is 141 Å². The molecule has 0 saturated carbocycles. The summed E-state index contributed by atoms with van der Waals surface area (Å²) in [6.07, 6.45) is 1.73. The second-order valence-corrected chi connectivity index (χ2v) is 5.63. The van der Waals surface area contributed by atoms with E-state index in [1.54, 1.807) is 0 Å². The van der Waals surface area contributed by atoms with Gasteiger partial charge in [0.1, 0.15) is 6.54 Å². The number of hydrogen-bond acceptors (Lipinski definition) is 4. The van der Waals surface area contributed by atoms with Gasteiger partial charge in [-0.1, -0.05) is 56.3 Å². The van der Waals surface area contributed by atoms with E-state index in [9.17, 15) is 4.79 Å². The molecule has 2 aromatic carbocycles. The predicted octanol–water partition coefficient (Wildman–Crippen LogP) is 3.35. The summed E-state index contributed by atoms with van der Waals surface area (Å²) >= 11 is 0. The lowest BCUT2D eigenvalue weighted by atomic mass is 9.98. The van der Waals surface area contributed by atoms with Gasteiger partial charge in [0.2, 0.25) is 5.82 Å². The van der Waals surface area contributed by atoms with Crippen LogP contribution in [-0.2, 0) is 19.4 Å².